The SMILES string of the molecule is COc1cccc(CCC(=O)NCCC(C)c2ccc3c(c2)OCCO3)c1. The van der Waals surface area contributed by atoms with Crippen LogP contribution < -0.4 is 19.5 Å². The molecule has 1 N–H and O–H groups in total. The summed E-state index contributed by atoms with van der Waals surface area (Å²) in [6, 6.07) is 13.9. The Labute approximate surface area is 160 Å². The lowest BCUT2D eigenvalue weighted by Gasteiger charge is -2.20. The Kier molecular flexibility index (Phi) is 6.58. The number of hydrogen-bond acceptors (Lipinski definition) is 4. The Morgan fingerprint density at radius 3 is 2.78 bits per heavy atom. The number of amides is 1. The molecule has 2 aromatic rings. The van der Waals surface area contributed by atoms with E-state index in [9.17, 15) is 4.79 Å². The molecule has 1 atom stereocenters. The van der Waals surface area contributed by atoms with E-state index in [-0.39, 0.29) is 5.91 Å². The van der Waals surface area contributed by atoms with Gasteiger partial charge in [0.1, 0.15) is 19.0 Å². The van der Waals surface area contributed by atoms with Crippen LogP contribution in [0.2, 0.25) is 0 Å². The second kappa shape index (κ2) is 9.31. The number of aryl methyl sites for hydroxylation is 1. The molecule has 0 fully saturated rings. The molecule has 144 valence electrons. The van der Waals surface area contributed by atoms with Gasteiger partial charge in [-0.25, -0.2) is 0 Å². The molecule has 1 amide bonds. The maximum absolute atomic E-state index is 12.1. The van der Waals surface area contributed by atoms with Gasteiger partial charge >= 0.3 is 0 Å². The van der Waals surface area contributed by atoms with E-state index in [0.29, 0.717) is 38.5 Å². The van der Waals surface area contributed by atoms with Crippen molar-refractivity contribution in [1.29, 1.82) is 0 Å². The molecular formula is C22H27NO4. The first-order chi connectivity index (χ1) is 13.2. The van der Waals surface area contributed by atoms with Crippen LogP contribution in [0.15, 0.2) is 42.5 Å². The lowest BCUT2D eigenvalue weighted by molar-refractivity contribution is -0.121. The summed E-state index contributed by atoms with van der Waals surface area (Å²) in [6.45, 7) is 4.01. The van der Waals surface area contributed by atoms with Crippen LogP contribution in [0.25, 0.3) is 0 Å². The standard InChI is InChI=1S/C22H27NO4/c1-16(18-7-8-20-21(15-18)27-13-12-26-20)10-11-23-22(24)9-6-17-4-3-5-19(14-17)25-2/h3-5,7-8,14-16H,6,9-13H2,1-2H3,(H,23,24). The summed E-state index contributed by atoms with van der Waals surface area (Å²) in [5.41, 5.74) is 2.30. The molecule has 0 bridgehead atoms. The maximum atomic E-state index is 12.1. The second-order valence-corrected chi connectivity index (χ2v) is 6.79. The van der Waals surface area contributed by atoms with Crippen molar-refractivity contribution in [2.45, 2.75) is 32.1 Å². The molecule has 1 unspecified atom stereocenters. The Hall–Kier alpha value is -2.69. The minimum Gasteiger partial charge on any atom is -0.497 e. The highest BCUT2D eigenvalue weighted by Crippen LogP contribution is 2.33. The fourth-order valence-corrected chi connectivity index (χ4v) is 3.14. The molecule has 3 rings (SSSR count). The highest BCUT2D eigenvalue weighted by Gasteiger charge is 2.14. The van der Waals surface area contributed by atoms with Gasteiger partial charge in [0, 0.05) is 13.0 Å². The summed E-state index contributed by atoms with van der Waals surface area (Å²) in [6.07, 6.45) is 2.07. The van der Waals surface area contributed by atoms with Crippen LogP contribution in [0.1, 0.15) is 36.8 Å². The number of ether oxygens (including phenoxy) is 3. The first kappa shape index (κ1) is 19.1. The van der Waals surface area contributed by atoms with Gasteiger partial charge in [0.2, 0.25) is 5.91 Å². The van der Waals surface area contributed by atoms with Crippen molar-refractivity contribution in [1.82, 2.24) is 5.32 Å². The minimum atomic E-state index is 0.0761. The van der Waals surface area contributed by atoms with E-state index in [1.54, 1.807) is 7.11 Å². The zero-order valence-corrected chi connectivity index (χ0v) is 16.0. The van der Waals surface area contributed by atoms with Crippen LogP contribution in [0.4, 0.5) is 0 Å². The third kappa shape index (κ3) is 5.39. The molecule has 0 spiro atoms. The molecule has 0 aromatic heterocycles. The van der Waals surface area contributed by atoms with Gasteiger partial charge in [-0.05, 0) is 54.2 Å². The number of methoxy groups -OCH3 is 1. The number of rotatable bonds is 8. The van der Waals surface area contributed by atoms with E-state index in [2.05, 4.69) is 18.3 Å². The fraction of sp³-hybridized carbons (Fsp3) is 0.409. The molecule has 1 aliphatic rings. The van der Waals surface area contributed by atoms with E-state index >= 15 is 0 Å². The van der Waals surface area contributed by atoms with E-state index in [1.807, 2.05) is 36.4 Å². The second-order valence-electron chi connectivity index (χ2n) is 6.79. The molecule has 1 aliphatic heterocycles. The summed E-state index contributed by atoms with van der Waals surface area (Å²) in [5.74, 6) is 2.85. The molecular weight excluding hydrogens is 342 g/mol. The average molecular weight is 369 g/mol. The minimum absolute atomic E-state index is 0.0761. The monoisotopic (exact) mass is 369 g/mol. The van der Waals surface area contributed by atoms with Gasteiger partial charge in [-0.1, -0.05) is 25.1 Å². The summed E-state index contributed by atoms with van der Waals surface area (Å²) < 4.78 is 16.4. The third-order valence-electron chi connectivity index (χ3n) is 4.81. The number of fused-ring (bicyclic) bond motifs is 1. The lowest BCUT2D eigenvalue weighted by atomic mass is 9.97. The van der Waals surface area contributed by atoms with Crippen molar-refractivity contribution in [2.75, 3.05) is 26.9 Å². The molecule has 27 heavy (non-hydrogen) atoms. The van der Waals surface area contributed by atoms with Crippen LogP contribution in [0.3, 0.4) is 0 Å². The molecule has 0 saturated heterocycles. The van der Waals surface area contributed by atoms with E-state index in [4.69, 9.17) is 14.2 Å². The van der Waals surface area contributed by atoms with Crippen LogP contribution in [-0.2, 0) is 11.2 Å². The largest absolute Gasteiger partial charge is 0.497 e. The average Bonchev–Trinajstić information content (AvgIpc) is 2.72. The lowest BCUT2D eigenvalue weighted by Crippen LogP contribution is -2.25. The molecule has 2 aromatic carbocycles. The number of nitrogens with one attached hydrogen (secondary N) is 1. The first-order valence-electron chi connectivity index (χ1n) is 9.45. The van der Waals surface area contributed by atoms with Gasteiger partial charge in [0.15, 0.2) is 11.5 Å². The summed E-state index contributed by atoms with van der Waals surface area (Å²) in [4.78, 5) is 12.1. The Bertz CT molecular complexity index is 775. The van der Waals surface area contributed by atoms with E-state index < -0.39 is 0 Å². The Balaban J connectivity index is 1.41. The van der Waals surface area contributed by atoms with Gasteiger partial charge in [0.05, 0.1) is 7.11 Å². The third-order valence-corrected chi connectivity index (χ3v) is 4.81. The van der Waals surface area contributed by atoms with Crippen molar-refractivity contribution in [3.8, 4) is 17.2 Å². The summed E-state index contributed by atoms with van der Waals surface area (Å²) >= 11 is 0. The van der Waals surface area contributed by atoms with Gasteiger partial charge in [-0.3, -0.25) is 4.79 Å². The molecule has 1 heterocycles. The van der Waals surface area contributed by atoms with Crippen molar-refractivity contribution < 1.29 is 19.0 Å². The van der Waals surface area contributed by atoms with Crippen molar-refractivity contribution >= 4 is 5.91 Å². The summed E-state index contributed by atoms with van der Waals surface area (Å²) in [7, 11) is 1.65. The van der Waals surface area contributed by atoms with Crippen molar-refractivity contribution in [3.05, 3.63) is 53.6 Å². The smallest absolute Gasteiger partial charge is 0.220 e. The first-order valence-corrected chi connectivity index (χ1v) is 9.45. The predicted molar refractivity (Wildman–Crippen MR) is 105 cm³/mol. The van der Waals surface area contributed by atoms with E-state index in [0.717, 1.165) is 29.2 Å². The van der Waals surface area contributed by atoms with Crippen molar-refractivity contribution in [2.24, 2.45) is 0 Å². The number of benzene rings is 2. The van der Waals surface area contributed by atoms with Crippen LogP contribution in [-0.4, -0.2) is 32.8 Å². The topological polar surface area (TPSA) is 56.8 Å². The molecule has 5 heteroatoms. The normalized spacial score (nSPS) is 13.7. The predicted octanol–water partition coefficient (Wildman–Crippen LogP) is 3.71. The zero-order valence-electron chi connectivity index (χ0n) is 16.0. The van der Waals surface area contributed by atoms with Gasteiger partial charge in [-0.15, -0.1) is 0 Å². The van der Waals surface area contributed by atoms with Crippen LogP contribution in [0.5, 0.6) is 17.2 Å². The Morgan fingerprint density at radius 2 is 1.96 bits per heavy atom. The zero-order chi connectivity index (χ0) is 19.1. The highest BCUT2D eigenvalue weighted by atomic mass is 16.6. The number of hydrogen-bond donors (Lipinski definition) is 1. The quantitative estimate of drug-likeness (QED) is 0.771. The molecule has 0 aliphatic carbocycles. The van der Waals surface area contributed by atoms with Gasteiger partial charge in [-0.2, -0.15) is 0 Å². The molecule has 0 radical (unpaired) electrons. The van der Waals surface area contributed by atoms with Crippen LogP contribution >= 0.6 is 0 Å². The van der Waals surface area contributed by atoms with Gasteiger partial charge in [0.25, 0.3) is 0 Å². The van der Waals surface area contributed by atoms with Gasteiger partial charge < -0.3 is 19.5 Å². The molecule has 5 nitrogen and oxygen atoms in total. The maximum Gasteiger partial charge on any atom is 0.220 e. The molecule has 0 saturated carbocycles. The fourth-order valence-electron chi connectivity index (χ4n) is 3.14. The Morgan fingerprint density at radius 1 is 1.15 bits per heavy atom. The number of carbonyl (C=O) groups excluding carboxylic acids is 1. The van der Waals surface area contributed by atoms with E-state index in [1.165, 1.54) is 5.56 Å². The highest BCUT2D eigenvalue weighted by molar-refractivity contribution is 5.76. The summed E-state index contributed by atoms with van der Waals surface area (Å²) in [5, 5.41) is 3.02. The van der Waals surface area contributed by atoms with Crippen LogP contribution in [0, 0.1) is 0 Å². The number of carbonyl (C=O) groups is 1. The van der Waals surface area contributed by atoms with Crippen molar-refractivity contribution in [3.63, 3.8) is 0 Å².